The Morgan fingerprint density at radius 2 is 0.629 bits per heavy atom. The normalized spacial score (nSPS) is 11.3. The predicted molar refractivity (Wildman–Crippen MR) is 582 cm³/mol. The molecule has 8 heteroatoms. The molecule has 3 atom stereocenters. The lowest BCUT2D eigenvalue weighted by Gasteiger charge is -2.21. The average Bonchev–Trinajstić information content (AvgIpc) is 1.64. The van der Waals surface area contributed by atoms with Crippen molar-refractivity contribution in [3.8, 4) is 349 Å². The van der Waals surface area contributed by atoms with E-state index in [0.29, 0.717) is 106 Å². The van der Waals surface area contributed by atoms with Gasteiger partial charge in [0.2, 0.25) is 0 Å². The van der Waals surface area contributed by atoms with Gasteiger partial charge in [0.1, 0.15) is 66.9 Å². The summed E-state index contributed by atoms with van der Waals surface area (Å²) in [6, 6.07) is 22.9. The number of epoxide rings is 3. The minimum absolute atomic E-state index is 0. The van der Waals surface area contributed by atoms with Crippen LogP contribution in [-0.4, -0.2) is 68.2 Å². The minimum Gasteiger partial charge on any atom is -0.507 e. The Labute approximate surface area is 799 Å². The Morgan fingerprint density at radius 3 is 1.02 bits per heavy atom. The van der Waals surface area contributed by atoms with E-state index in [-0.39, 0.29) is 124 Å². The SMILES string of the molecule is C#CC#CC#CC#CC#CC#CC#CC#Cc1ccc(Cc2c(C#CC#CC#CC#CC#CC)ccc(Cc3c(C#CC#CC#CC#CC#CC#CC#CC)ccc(Cc4c(CCCCCCCCCCCCCCCC)cccc4OCC4CO4)c3O)c2OCC2CO2)c(O)c1Cc1ccc(C#CC#CC#CC#CC#CC#CC#CC)cc1OCC1CO1.[HH].[HH].[HH].[HH].[HH].[HH].[HH].[HH].[HH].[HH].[HH].[HH].[HH].[HH].[HH].[HH].[HH].[HH].[HH].[HH].[HH].[HH].[HH].[HH].[HH].[HH].[HH].[HH].[HH].[HH].[HH].[HH].[HH].[HH].[HH].[HH].[HH].[HH].[HH].[HH].[HH].[HH].[HH]. The van der Waals surface area contributed by atoms with Gasteiger partial charge in [0, 0.05) is 132 Å². The van der Waals surface area contributed by atoms with Crippen molar-refractivity contribution in [2.24, 2.45) is 0 Å². The monoisotopic (exact) mass is 1690 g/mol. The number of phenolic OH excluding ortho intramolecular Hbond substituents is 2. The topological polar surface area (TPSA) is 106 Å². The van der Waals surface area contributed by atoms with Crippen molar-refractivity contribution in [3.05, 3.63) is 145 Å². The van der Waals surface area contributed by atoms with Crippen LogP contribution in [0, 0.1) is 320 Å². The van der Waals surface area contributed by atoms with E-state index in [1.54, 1.807) is 26.8 Å². The first-order valence-electron chi connectivity index (χ1n) is 40.3. The second-order valence-electron chi connectivity index (χ2n) is 26.9. The van der Waals surface area contributed by atoms with Crippen LogP contribution in [0.4, 0.5) is 0 Å². The van der Waals surface area contributed by atoms with Crippen molar-refractivity contribution >= 4 is 0 Å². The molecule has 3 saturated heterocycles. The van der Waals surface area contributed by atoms with Crippen LogP contribution in [0.5, 0.6) is 28.7 Å². The molecular formula is C116H166O8. The molecule has 0 aromatic heterocycles. The molecule has 0 saturated carbocycles. The van der Waals surface area contributed by atoms with E-state index in [4.69, 9.17) is 34.8 Å². The molecule has 3 unspecified atom stereocenters. The van der Waals surface area contributed by atoms with Crippen LogP contribution in [0.2, 0.25) is 0 Å². The van der Waals surface area contributed by atoms with Crippen molar-refractivity contribution in [3.63, 3.8) is 0 Å². The Kier molecular flexibility index (Phi) is 43.3. The number of hydrogen-bond donors (Lipinski definition) is 2. The third-order valence-electron chi connectivity index (χ3n) is 17.9. The molecule has 124 heavy (non-hydrogen) atoms. The minimum atomic E-state index is -0.222. The van der Waals surface area contributed by atoms with Gasteiger partial charge in [-0.3, -0.25) is 0 Å². The van der Waals surface area contributed by atoms with E-state index in [0.717, 1.165) is 36.1 Å². The molecule has 678 valence electrons. The smallest absolute Gasteiger partial charge is 0.127 e. The Morgan fingerprint density at radius 1 is 0.315 bits per heavy atom. The second kappa shape index (κ2) is 58.0. The van der Waals surface area contributed by atoms with Crippen molar-refractivity contribution < 1.29 is 100.0 Å². The maximum absolute atomic E-state index is 13.2. The zero-order valence-corrected chi connectivity index (χ0v) is 69.8. The summed E-state index contributed by atoms with van der Waals surface area (Å²) in [6.45, 7) is 9.78. The van der Waals surface area contributed by atoms with E-state index < -0.39 is 0 Å². The average molecular weight is 1690 g/mol. The number of ether oxygens (including phenoxy) is 6. The maximum atomic E-state index is 13.2. The van der Waals surface area contributed by atoms with E-state index in [9.17, 15) is 10.2 Å². The highest BCUT2D eigenvalue weighted by atomic mass is 16.6. The van der Waals surface area contributed by atoms with Gasteiger partial charge in [-0.1, -0.05) is 168 Å². The lowest BCUT2D eigenvalue weighted by Crippen LogP contribution is -2.11. The van der Waals surface area contributed by atoms with Gasteiger partial charge in [-0.25, -0.2) is 0 Å². The van der Waals surface area contributed by atoms with Crippen molar-refractivity contribution in [2.75, 3.05) is 39.6 Å². The fourth-order valence-electron chi connectivity index (χ4n) is 11.7. The first kappa shape index (κ1) is 92.6. The molecule has 0 amide bonds. The largest absolute Gasteiger partial charge is 0.507 e. The van der Waals surface area contributed by atoms with Gasteiger partial charge in [-0.05, 0) is 370 Å². The maximum Gasteiger partial charge on any atom is 0.127 e. The van der Waals surface area contributed by atoms with Gasteiger partial charge < -0.3 is 38.6 Å². The Bertz CT molecular complexity index is 6870. The number of aromatic hydroxyl groups is 2. The molecule has 8 rings (SSSR count). The van der Waals surface area contributed by atoms with Crippen LogP contribution in [0.1, 0.15) is 251 Å². The van der Waals surface area contributed by atoms with Gasteiger partial charge >= 0.3 is 0 Å². The third kappa shape index (κ3) is 37.6. The predicted octanol–water partition coefficient (Wildman–Crippen LogP) is 24.6. The van der Waals surface area contributed by atoms with Gasteiger partial charge in [-0.15, -0.1) is 6.42 Å². The molecule has 5 aromatic rings. The van der Waals surface area contributed by atoms with Crippen molar-refractivity contribution in [2.45, 2.75) is 168 Å². The summed E-state index contributed by atoms with van der Waals surface area (Å²) < 4.78 is 37.1. The second-order valence-corrected chi connectivity index (χ2v) is 26.9. The molecule has 3 aliphatic heterocycles. The van der Waals surface area contributed by atoms with Gasteiger partial charge in [0.15, 0.2) is 0 Å². The van der Waals surface area contributed by atoms with Crippen LogP contribution >= 0.6 is 0 Å². The highest BCUT2D eigenvalue weighted by molar-refractivity contribution is 5.65. The van der Waals surface area contributed by atoms with E-state index in [1.807, 2.05) is 60.7 Å². The highest BCUT2D eigenvalue weighted by Gasteiger charge is 2.29. The van der Waals surface area contributed by atoms with Gasteiger partial charge in [-0.2, -0.15) is 0 Å². The Balaban J connectivity index is -0.000000117. The summed E-state index contributed by atoms with van der Waals surface area (Å²) >= 11 is 0. The number of unbranched alkanes of at least 4 members (excludes halogenated alkanes) is 13. The molecule has 5 aromatic carbocycles. The van der Waals surface area contributed by atoms with Crippen LogP contribution in [0.15, 0.2) is 72.8 Å². The number of aryl methyl sites for hydroxylation is 1. The van der Waals surface area contributed by atoms with E-state index >= 15 is 0 Å². The number of hydrogen-bond acceptors (Lipinski definition) is 8. The summed E-state index contributed by atoms with van der Waals surface area (Å²) in [7, 11) is 0. The van der Waals surface area contributed by atoms with Crippen molar-refractivity contribution in [1.29, 1.82) is 0 Å². The number of phenols is 2. The quantitative estimate of drug-likeness (QED) is 0.0249. The third-order valence-corrected chi connectivity index (χ3v) is 17.9. The van der Waals surface area contributed by atoms with Crippen LogP contribution in [0.25, 0.3) is 0 Å². The number of terminal acetylenes is 1. The summed E-state index contributed by atoms with van der Waals surface area (Å²) in [5, 5.41) is 26.3. The molecule has 0 aliphatic carbocycles. The molecule has 3 heterocycles. The molecule has 0 radical (unpaired) electrons. The number of benzene rings is 5. The van der Waals surface area contributed by atoms with Crippen molar-refractivity contribution in [1.82, 2.24) is 0 Å². The summed E-state index contributed by atoms with van der Waals surface area (Å²) in [5.41, 5.74) is 8.13. The molecule has 0 spiro atoms. The molecule has 3 fully saturated rings. The number of rotatable bonds is 32. The zero-order chi connectivity index (χ0) is 87.0. The highest BCUT2D eigenvalue weighted by Crippen LogP contribution is 2.41. The molecule has 2 N–H and O–H groups in total. The summed E-state index contributed by atoms with van der Waals surface area (Å²) in [5.74, 6) is 145. The molecular weight excluding hydrogens is 1520 g/mol. The molecule has 3 aliphatic rings. The first-order valence-corrected chi connectivity index (χ1v) is 40.3. The summed E-state index contributed by atoms with van der Waals surface area (Å²) in [6.07, 6.45) is 23.9. The fourth-order valence-corrected chi connectivity index (χ4v) is 11.7. The summed E-state index contributed by atoms with van der Waals surface area (Å²) in [4.78, 5) is 0. The lowest BCUT2D eigenvalue weighted by molar-refractivity contribution is 0.259. The van der Waals surface area contributed by atoms with Gasteiger partial charge in [0.05, 0.1) is 19.8 Å². The first-order chi connectivity index (χ1) is 61.3. The molecule has 8 nitrogen and oxygen atoms in total. The standard InChI is InChI=1S/C116H80O8.43H2/c1-6-11-16-21-26-31-35-39-43-47-51-56-60-65-71-97-75-69-76-112(122-93-105-90-119-105)108(97)87-102-82-79-99(73-67-62-58-52-46-42-38-34-29-24-19-14-9-4)110(114(102)117)89-104-84-81-100(74-68-63-55-49-30-25-20-15-10-5)111(116(104)124-95-107-92-121-107)88-103-83-80-98(72-66-61-57-53-48-44-40-36-32-27-22-17-12-7-2)109(115(103)118)86-101-78-77-96(85-113(101)123-94-106-91-120-106)70-64-59-54-50-45-41-37-33-28-23-18-13-8-3;;;;;;;;;;;;;;;;;;;;;;;;;;;;;;;;;;;;;;;;;;;/h2,69,75-85,105-107,117-118H,6,11,16,21,26,31,35,39,43,47,51,56,60,65,71,86-95H2,1,3-5H3;43*1H. The fraction of sp³-hybridized carbons (Fsp3) is 0.276. The van der Waals surface area contributed by atoms with E-state index in [1.165, 1.54) is 77.0 Å². The van der Waals surface area contributed by atoms with Gasteiger partial charge in [0.25, 0.3) is 0 Å². The van der Waals surface area contributed by atoms with Crippen LogP contribution < -0.4 is 14.2 Å². The molecule has 0 bridgehead atoms. The zero-order valence-electron chi connectivity index (χ0n) is 69.8. The van der Waals surface area contributed by atoms with Crippen LogP contribution in [-0.2, 0) is 46.3 Å². The van der Waals surface area contributed by atoms with E-state index in [2.05, 4.69) is 327 Å². The lowest BCUT2D eigenvalue weighted by atomic mass is 9.88. The van der Waals surface area contributed by atoms with Crippen LogP contribution in [0.3, 0.4) is 0 Å². The Hall–Kier alpha value is -16.9.